The minimum atomic E-state index is -0.172. The van der Waals surface area contributed by atoms with Gasteiger partial charge >= 0.3 is 0 Å². The molecule has 0 spiro atoms. The summed E-state index contributed by atoms with van der Waals surface area (Å²) in [6.07, 6.45) is 8.47. The van der Waals surface area contributed by atoms with Gasteiger partial charge in [-0.2, -0.15) is 0 Å². The molecule has 100 valence electrons. The zero-order valence-electron chi connectivity index (χ0n) is 10.8. The monoisotopic (exact) mass is 266 g/mol. The molecule has 1 saturated carbocycles. The van der Waals surface area contributed by atoms with Gasteiger partial charge in [0.25, 0.3) is 5.91 Å². The van der Waals surface area contributed by atoms with E-state index in [-0.39, 0.29) is 23.6 Å². The highest BCUT2D eigenvalue weighted by atomic mass is 16.3. The number of amides is 1. The van der Waals surface area contributed by atoms with Crippen molar-refractivity contribution in [3.8, 4) is 18.1 Å². The number of rotatable bonds is 2. The molecule has 2 aromatic rings. The predicted octanol–water partition coefficient (Wildman–Crippen LogP) is 2.08. The molecule has 4 nitrogen and oxygen atoms in total. The van der Waals surface area contributed by atoms with Crippen molar-refractivity contribution in [3.63, 3.8) is 0 Å². The Hall–Kier alpha value is -2.54. The van der Waals surface area contributed by atoms with Crippen LogP contribution in [0.3, 0.4) is 0 Å². The number of pyridine rings is 1. The lowest BCUT2D eigenvalue weighted by atomic mass is 9.81. The van der Waals surface area contributed by atoms with Gasteiger partial charge < -0.3 is 10.4 Å². The second kappa shape index (κ2) is 4.86. The molecule has 0 saturated heterocycles. The lowest BCUT2D eigenvalue weighted by Crippen LogP contribution is -2.43. The van der Waals surface area contributed by atoms with E-state index >= 15 is 0 Å². The van der Waals surface area contributed by atoms with Gasteiger partial charge in [-0.05, 0) is 31.0 Å². The summed E-state index contributed by atoms with van der Waals surface area (Å²) in [6, 6.07) is 6.83. The first-order valence-electron chi connectivity index (χ1n) is 6.52. The lowest BCUT2D eigenvalue weighted by Gasteiger charge is -2.32. The first kappa shape index (κ1) is 12.5. The number of terminal acetylenes is 1. The van der Waals surface area contributed by atoms with Crippen molar-refractivity contribution in [3.05, 3.63) is 36.0 Å². The molecule has 3 rings (SSSR count). The van der Waals surface area contributed by atoms with Crippen LogP contribution in [0.15, 0.2) is 30.5 Å². The molecule has 0 bridgehead atoms. The Balaban J connectivity index is 1.85. The quantitative estimate of drug-likeness (QED) is 0.818. The molecule has 0 radical (unpaired) electrons. The van der Waals surface area contributed by atoms with Crippen molar-refractivity contribution >= 4 is 16.8 Å². The molecule has 2 N–H and O–H groups in total. The summed E-state index contributed by atoms with van der Waals surface area (Å²) < 4.78 is 0. The first-order chi connectivity index (χ1) is 9.69. The minimum absolute atomic E-state index is 0.126. The van der Waals surface area contributed by atoms with Gasteiger partial charge in [-0.3, -0.25) is 9.78 Å². The molecule has 20 heavy (non-hydrogen) atoms. The molecule has 0 aliphatic heterocycles. The maximum Gasteiger partial charge on any atom is 0.253 e. The van der Waals surface area contributed by atoms with E-state index in [1.165, 1.54) is 12.3 Å². The summed E-state index contributed by atoms with van der Waals surface area (Å²) >= 11 is 0. The SMILES string of the molecule is C#C[C@H]1C[C@H](NC(=O)c2cccc3c(O)ccnc23)C1. The average Bonchev–Trinajstić information content (AvgIpc) is 2.42. The Bertz CT molecular complexity index is 712. The Morgan fingerprint density at radius 3 is 2.95 bits per heavy atom. The van der Waals surface area contributed by atoms with Crippen LogP contribution in [0, 0.1) is 18.3 Å². The van der Waals surface area contributed by atoms with Crippen LogP contribution < -0.4 is 5.32 Å². The van der Waals surface area contributed by atoms with E-state index in [1.807, 2.05) is 0 Å². The van der Waals surface area contributed by atoms with E-state index in [0.29, 0.717) is 16.5 Å². The fourth-order valence-electron chi connectivity index (χ4n) is 2.48. The molecule has 1 fully saturated rings. The van der Waals surface area contributed by atoms with Crippen LogP contribution in [-0.2, 0) is 0 Å². The maximum atomic E-state index is 12.3. The van der Waals surface area contributed by atoms with Crippen molar-refractivity contribution < 1.29 is 9.90 Å². The summed E-state index contributed by atoms with van der Waals surface area (Å²) in [5.41, 5.74) is 0.986. The predicted molar refractivity (Wildman–Crippen MR) is 76.2 cm³/mol. The summed E-state index contributed by atoms with van der Waals surface area (Å²) in [5.74, 6) is 2.91. The average molecular weight is 266 g/mol. The highest BCUT2D eigenvalue weighted by molar-refractivity contribution is 6.06. The number of aromatic nitrogens is 1. The Morgan fingerprint density at radius 1 is 1.40 bits per heavy atom. The number of nitrogens with zero attached hydrogens (tertiary/aromatic N) is 1. The van der Waals surface area contributed by atoms with Gasteiger partial charge in [0.1, 0.15) is 5.75 Å². The number of fused-ring (bicyclic) bond motifs is 1. The fourth-order valence-corrected chi connectivity index (χ4v) is 2.48. The number of hydrogen-bond acceptors (Lipinski definition) is 3. The molecule has 0 atom stereocenters. The number of aromatic hydroxyl groups is 1. The van der Waals surface area contributed by atoms with Gasteiger partial charge in [-0.1, -0.05) is 6.07 Å². The molecular formula is C16H14N2O2. The van der Waals surface area contributed by atoms with Gasteiger partial charge in [-0.25, -0.2) is 0 Å². The Morgan fingerprint density at radius 2 is 2.20 bits per heavy atom. The number of nitrogens with one attached hydrogen (secondary N) is 1. The van der Waals surface area contributed by atoms with Crippen LogP contribution in [0.4, 0.5) is 0 Å². The topological polar surface area (TPSA) is 62.2 Å². The van der Waals surface area contributed by atoms with Crippen LogP contribution in [-0.4, -0.2) is 22.0 Å². The van der Waals surface area contributed by atoms with Gasteiger partial charge in [0.2, 0.25) is 0 Å². The summed E-state index contributed by atoms with van der Waals surface area (Å²) in [7, 11) is 0. The Kier molecular flexibility index (Phi) is 3.03. The third-order valence-electron chi connectivity index (χ3n) is 3.70. The van der Waals surface area contributed by atoms with Crippen molar-refractivity contribution in [2.45, 2.75) is 18.9 Å². The second-order valence-electron chi connectivity index (χ2n) is 5.04. The zero-order valence-corrected chi connectivity index (χ0v) is 10.8. The van der Waals surface area contributed by atoms with Crippen LogP contribution in [0.1, 0.15) is 23.2 Å². The number of carbonyl (C=O) groups is 1. The zero-order chi connectivity index (χ0) is 14.1. The molecule has 0 unspecified atom stereocenters. The molecule has 1 aliphatic carbocycles. The third-order valence-corrected chi connectivity index (χ3v) is 3.70. The largest absolute Gasteiger partial charge is 0.507 e. The fraction of sp³-hybridized carbons (Fsp3) is 0.250. The van der Waals surface area contributed by atoms with Crippen LogP contribution in [0.2, 0.25) is 0 Å². The normalized spacial score (nSPS) is 20.9. The maximum absolute atomic E-state index is 12.3. The van der Waals surface area contributed by atoms with E-state index < -0.39 is 0 Å². The molecule has 1 amide bonds. The molecule has 1 aromatic carbocycles. The van der Waals surface area contributed by atoms with Gasteiger partial charge in [0.15, 0.2) is 0 Å². The van der Waals surface area contributed by atoms with Crippen molar-refractivity contribution in [1.29, 1.82) is 0 Å². The number of para-hydroxylation sites is 1. The van der Waals surface area contributed by atoms with Crippen molar-refractivity contribution in [2.24, 2.45) is 5.92 Å². The highest BCUT2D eigenvalue weighted by Gasteiger charge is 2.29. The van der Waals surface area contributed by atoms with Crippen LogP contribution in [0.25, 0.3) is 10.9 Å². The number of benzene rings is 1. The number of hydrogen-bond donors (Lipinski definition) is 2. The summed E-state index contributed by atoms with van der Waals surface area (Å²) in [5, 5.41) is 13.3. The van der Waals surface area contributed by atoms with Gasteiger partial charge in [-0.15, -0.1) is 12.3 Å². The van der Waals surface area contributed by atoms with E-state index in [4.69, 9.17) is 6.42 Å². The van der Waals surface area contributed by atoms with Crippen LogP contribution in [0.5, 0.6) is 5.75 Å². The van der Waals surface area contributed by atoms with Crippen molar-refractivity contribution in [2.75, 3.05) is 0 Å². The van der Waals surface area contributed by atoms with Crippen molar-refractivity contribution in [1.82, 2.24) is 10.3 Å². The minimum Gasteiger partial charge on any atom is -0.507 e. The smallest absolute Gasteiger partial charge is 0.253 e. The molecule has 4 heteroatoms. The molecule has 1 aliphatic rings. The highest BCUT2D eigenvalue weighted by Crippen LogP contribution is 2.28. The second-order valence-corrected chi connectivity index (χ2v) is 5.04. The van der Waals surface area contributed by atoms with Crippen LogP contribution >= 0.6 is 0 Å². The number of carbonyl (C=O) groups excluding carboxylic acids is 1. The standard InChI is InChI=1S/C16H14N2O2/c1-2-10-8-11(9-10)18-16(20)13-5-3-4-12-14(19)6-7-17-15(12)13/h1,3-7,10-11H,8-9H2,(H,17,19)(H,18,20)/t10-,11-. The van der Waals surface area contributed by atoms with E-state index in [0.717, 1.165) is 12.8 Å². The molecule has 1 aromatic heterocycles. The van der Waals surface area contributed by atoms with E-state index in [2.05, 4.69) is 16.2 Å². The van der Waals surface area contributed by atoms with E-state index in [1.54, 1.807) is 18.2 Å². The lowest BCUT2D eigenvalue weighted by molar-refractivity contribution is 0.0906. The summed E-state index contributed by atoms with van der Waals surface area (Å²) in [6.45, 7) is 0. The Labute approximate surface area is 116 Å². The van der Waals surface area contributed by atoms with Gasteiger partial charge in [0, 0.05) is 23.5 Å². The van der Waals surface area contributed by atoms with E-state index in [9.17, 15) is 9.90 Å². The van der Waals surface area contributed by atoms with Gasteiger partial charge in [0.05, 0.1) is 11.1 Å². The molecule has 1 heterocycles. The first-order valence-corrected chi connectivity index (χ1v) is 6.52. The summed E-state index contributed by atoms with van der Waals surface area (Å²) in [4.78, 5) is 16.5. The third kappa shape index (κ3) is 2.08. The molecular weight excluding hydrogens is 252 g/mol.